The SMILES string of the molecule is O=C(Cl)c1ccc2snnc2c1. The van der Waals surface area contributed by atoms with E-state index >= 15 is 0 Å². The fourth-order valence-corrected chi connectivity index (χ4v) is 1.56. The Bertz CT molecular complexity index is 440. The highest BCUT2D eigenvalue weighted by Crippen LogP contribution is 2.17. The molecule has 1 aromatic carbocycles. The Kier molecular flexibility index (Phi) is 1.78. The Morgan fingerprint density at radius 3 is 3.08 bits per heavy atom. The Morgan fingerprint density at radius 1 is 1.50 bits per heavy atom. The quantitative estimate of drug-likeness (QED) is 0.659. The molecule has 0 amide bonds. The number of carbonyl (C=O) groups is 1. The van der Waals surface area contributed by atoms with E-state index < -0.39 is 5.24 Å². The summed E-state index contributed by atoms with van der Waals surface area (Å²) in [5.41, 5.74) is 1.17. The van der Waals surface area contributed by atoms with Crippen LogP contribution in [0.5, 0.6) is 0 Å². The van der Waals surface area contributed by atoms with Crippen LogP contribution in [0.3, 0.4) is 0 Å². The molecule has 0 fully saturated rings. The van der Waals surface area contributed by atoms with Gasteiger partial charge >= 0.3 is 0 Å². The largest absolute Gasteiger partial charge is 0.276 e. The molecule has 0 bridgehead atoms. The van der Waals surface area contributed by atoms with Gasteiger partial charge in [-0.15, -0.1) is 5.10 Å². The molecule has 0 radical (unpaired) electrons. The Labute approximate surface area is 77.1 Å². The topological polar surface area (TPSA) is 42.9 Å². The van der Waals surface area contributed by atoms with E-state index in [9.17, 15) is 4.79 Å². The summed E-state index contributed by atoms with van der Waals surface area (Å²) in [6.07, 6.45) is 0. The summed E-state index contributed by atoms with van der Waals surface area (Å²) < 4.78 is 4.69. The van der Waals surface area contributed by atoms with Gasteiger partial charge in [-0.05, 0) is 41.3 Å². The molecular weight excluding hydrogens is 196 g/mol. The molecule has 0 unspecified atom stereocenters. The number of nitrogens with zero attached hydrogens (tertiary/aromatic N) is 2. The normalized spacial score (nSPS) is 10.4. The van der Waals surface area contributed by atoms with Gasteiger partial charge in [0.05, 0.1) is 4.70 Å². The molecule has 0 aliphatic carbocycles. The standard InChI is InChI=1S/C7H3ClN2OS/c8-7(11)4-1-2-6-5(3-4)9-10-12-6/h1-3H. The second-order valence-electron chi connectivity index (χ2n) is 2.23. The number of carbonyl (C=O) groups excluding carboxylic acids is 1. The number of benzene rings is 1. The number of rotatable bonds is 1. The lowest BCUT2D eigenvalue weighted by Gasteiger charge is -1.90. The summed E-state index contributed by atoms with van der Waals surface area (Å²) in [4.78, 5) is 10.7. The first-order valence-electron chi connectivity index (χ1n) is 3.19. The van der Waals surface area contributed by atoms with Crippen LogP contribution < -0.4 is 0 Å². The van der Waals surface area contributed by atoms with Crippen LogP contribution in [0.15, 0.2) is 18.2 Å². The predicted molar refractivity (Wildman–Crippen MR) is 47.6 cm³/mol. The van der Waals surface area contributed by atoms with Crippen LogP contribution in [0, 0.1) is 0 Å². The fraction of sp³-hybridized carbons (Fsp3) is 0. The molecule has 0 aliphatic heterocycles. The van der Waals surface area contributed by atoms with E-state index in [1.807, 2.05) is 0 Å². The third-order valence-corrected chi connectivity index (χ3v) is 2.40. The lowest BCUT2D eigenvalue weighted by Crippen LogP contribution is -1.86. The van der Waals surface area contributed by atoms with Gasteiger partial charge in [0.1, 0.15) is 5.52 Å². The summed E-state index contributed by atoms with van der Waals surface area (Å²) in [6, 6.07) is 5.08. The van der Waals surface area contributed by atoms with E-state index in [0.29, 0.717) is 11.1 Å². The van der Waals surface area contributed by atoms with Gasteiger partial charge in [-0.25, -0.2) is 0 Å². The van der Waals surface area contributed by atoms with E-state index in [-0.39, 0.29) is 0 Å². The molecule has 0 spiro atoms. The number of hydrogen-bond acceptors (Lipinski definition) is 4. The van der Waals surface area contributed by atoms with Crippen LogP contribution in [0.25, 0.3) is 10.2 Å². The van der Waals surface area contributed by atoms with Gasteiger partial charge in [-0.2, -0.15) is 0 Å². The Morgan fingerprint density at radius 2 is 2.33 bits per heavy atom. The highest BCUT2D eigenvalue weighted by Gasteiger charge is 2.04. The van der Waals surface area contributed by atoms with Crippen molar-refractivity contribution in [1.82, 2.24) is 9.59 Å². The van der Waals surface area contributed by atoms with Gasteiger partial charge in [-0.1, -0.05) is 4.49 Å². The van der Waals surface area contributed by atoms with E-state index in [4.69, 9.17) is 11.6 Å². The Hall–Kier alpha value is -1.00. The lowest BCUT2D eigenvalue weighted by atomic mass is 10.2. The molecule has 3 nitrogen and oxygen atoms in total. The third-order valence-electron chi connectivity index (χ3n) is 1.47. The second kappa shape index (κ2) is 2.80. The molecule has 5 heteroatoms. The first-order valence-corrected chi connectivity index (χ1v) is 4.34. The van der Waals surface area contributed by atoms with E-state index in [2.05, 4.69) is 9.59 Å². The molecule has 0 N–H and O–H groups in total. The van der Waals surface area contributed by atoms with Crippen LogP contribution in [0.1, 0.15) is 10.4 Å². The fourth-order valence-electron chi connectivity index (χ4n) is 0.903. The van der Waals surface area contributed by atoms with E-state index in [0.717, 1.165) is 4.70 Å². The minimum absolute atomic E-state index is 0.455. The molecule has 0 aliphatic rings. The molecule has 60 valence electrons. The number of aromatic nitrogens is 2. The second-order valence-corrected chi connectivity index (χ2v) is 3.36. The summed E-state index contributed by atoms with van der Waals surface area (Å²) in [5, 5.41) is 3.35. The molecule has 12 heavy (non-hydrogen) atoms. The maximum Gasteiger partial charge on any atom is 0.252 e. The molecule has 0 saturated carbocycles. The van der Waals surface area contributed by atoms with Crippen LogP contribution in [-0.2, 0) is 0 Å². The molecule has 1 aromatic heterocycles. The van der Waals surface area contributed by atoms with Gasteiger partial charge < -0.3 is 0 Å². The maximum absolute atomic E-state index is 10.7. The number of fused-ring (bicyclic) bond motifs is 1. The first-order chi connectivity index (χ1) is 5.77. The van der Waals surface area contributed by atoms with Gasteiger partial charge in [0.2, 0.25) is 0 Å². The zero-order valence-corrected chi connectivity index (χ0v) is 7.39. The van der Waals surface area contributed by atoms with Crippen molar-refractivity contribution in [1.29, 1.82) is 0 Å². The summed E-state index contributed by atoms with van der Waals surface area (Å²) in [5.74, 6) is 0. The lowest BCUT2D eigenvalue weighted by molar-refractivity contribution is 0.108. The number of hydrogen-bond donors (Lipinski definition) is 0. The molecule has 0 saturated heterocycles. The van der Waals surface area contributed by atoms with Gasteiger partial charge in [0.25, 0.3) is 5.24 Å². The van der Waals surface area contributed by atoms with Crippen molar-refractivity contribution in [3.05, 3.63) is 23.8 Å². The van der Waals surface area contributed by atoms with Crippen molar-refractivity contribution < 1.29 is 4.79 Å². The third kappa shape index (κ3) is 1.19. The highest BCUT2D eigenvalue weighted by atomic mass is 35.5. The highest BCUT2D eigenvalue weighted by molar-refractivity contribution is 7.12. The minimum Gasteiger partial charge on any atom is -0.276 e. The van der Waals surface area contributed by atoms with Crippen molar-refractivity contribution in [3.8, 4) is 0 Å². The Balaban J connectivity index is 2.68. The van der Waals surface area contributed by atoms with Crippen molar-refractivity contribution in [2.75, 3.05) is 0 Å². The molecule has 1 heterocycles. The maximum atomic E-state index is 10.7. The monoisotopic (exact) mass is 198 g/mol. The summed E-state index contributed by atoms with van der Waals surface area (Å²) in [6.45, 7) is 0. The smallest absolute Gasteiger partial charge is 0.252 e. The molecule has 2 aromatic rings. The minimum atomic E-state index is -0.468. The summed E-state index contributed by atoms with van der Waals surface area (Å²) in [7, 11) is 0. The predicted octanol–water partition coefficient (Wildman–Crippen LogP) is 2.07. The van der Waals surface area contributed by atoms with E-state index in [1.165, 1.54) is 11.5 Å². The van der Waals surface area contributed by atoms with Gasteiger partial charge in [0.15, 0.2) is 0 Å². The molecular formula is C7H3ClN2OS. The average molecular weight is 199 g/mol. The number of halogens is 1. The van der Waals surface area contributed by atoms with Crippen molar-refractivity contribution >= 4 is 38.6 Å². The molecule has 0 atom stereocenters. The van der Waals surface area contributed by atoms with Crippen LogP contribution in [0.2, 0.25) is 0 Å². The van der Waals surface area contributed by atoms with E-state index in [1.54, 1.807) is 18.2 Å². The average Bonchev–Trinajstić information content (AvgIpc) is 2.49. The van der Waals surface area contributed by atoms with Crippen molar-refractivity contribution in [2.45, 2.75) is 0 Å². The zero-order valence-electron chi connectivity index (χ0n) is 5.82. The van der Waals surface area contributed by atoms with Crippen LogP contribution >= 0.6 is 23.1 Å². The van der Waals surface area contributed by atoms with Crippen molar-refractivity contribution in [3.63, 3.8) is 0 Å². The summed E-state index contributed by atoms with van der Waals surface area (Å²) >= 11 is 6.58. The van der Waals surface area contributed by atoms with Gasteiger partial charge in [-0.3, -0.25) is 4.79 Å². The van der Waals surface area contributed by atoms with Crippen LogP contribution in [-0.4, -0.2) is 14.8 Å². The van der Waals surface area contributed by atoms with Crippen molar-refractivity contribution in [2.24, 2.45) is 0 Å². The molecule has 2 rings (SSSR count). The van der Waals surface area contributed by atoms with Gasteiger partial charge in [0, 0.05) is 5.56 Å². The zero-order chi connectivity index (χ0) is 8.55. The van der Waals surface area contributed by atoms with Crippen LogP contribution in [0.4, 0.5) is 0 Å². The first kappa shape index (κ1) is 7.64.